The molecule has 1 aromatic rings. The van der Waals surface area contributed by atoms with E-state index in [1.54, 1.807) is 19.1 Å². The van der Waals surface area contributed by atoms with Gasteiger partial charge in [-0.25, -0.2) is 4.79 Å². The second-order valence-corrected chi connectivity index (χ2v) is 4.34. The van der Waals surface area contributed by atoms with Crippen LogP contribution >= 0.6 is 27.5 Å². The molecule has 0 saturated carbocycles. The van der Waals surface area contributed by atoms with Crippen LogP contribution in [0.5, 0.6) is 0 Å². The molecule has 0 bridgehead atoms. The van der Waals surface area contributed by atoms with Crippen molar-refractivity contribution in [1.29, 1.82) is 0 Å². The largest absolute Gasteiger partial charge is 0.463 e. The number of benzene rings is 1. The molecule has 1 N–H and O–H groups in total. The molecule has 17 heavy (non-hydrogen) atoms. The highest BCUT2D eigenvalue weighted by Gasteiger charge is 2.01. The van der Waals surface area contributed by atoms with E-state index >= 15 is 0 Å². The maximum absolute atomic E-state index is 11.0. The minimum absolute atomic E-state index is 0.334. The summed E-state index contributed by atoms with van der Waals surface area (Å²) in [5.74, 6) is -0.334. The average molecular weight is 319 g/mol. The van der Waals surface area contributed by atoms with Gasteiger partial charge in [0.15, 0.2) is 0 Å². The Labute approximate surface area is 114 Å². The van der Waals surface area contributed by atoms with E-state index in [0.29, 0.717) is 18.2 Å². The first-order valence-corrected chi connectivity index (χ1v) is 6.33. The van der Waals surface area contributed by atoms with E-state index in [9.17, 15) is 4.79 Å². The van der Waals surface area contributed by atoms with Crippen LogP contribution in [0.1, 0.15) is 6.92 Å². The lowest BCUT2D eigenvalue weighted by Gasteiger charge is -2.06. The number of carbonyl (C=O) groups is 1. The fraction of sp³-hybridized carbons (Fsp3) is 0.250. The van der Waals surface area contributed by atoms with Crippen molar-refractivity contribution in [3.8, 4) is 0 Å². The first kappa shape index (κ1) is 14.1. The summed E-state index contributed by atoms with van der Waals surface area (Å²) in [7, 11) is 0. The van der Waals surface area contributed by atoms with Crippen LogP contribution in [0.25, 0.3) is 0 Å². The number of hydrogen-bond donors (Lipinski definition) is 1. The Morgan fingerprint density at radius 3 is 3.06 bits per heavy atom. The summed E-state index contributed by atoms with van der Waals surface area (Å²) in [5.41, 5.74) is 0.881. The molecule has 92 valence electrons. The second-order valence-electron chi connectivity index (χ2n) is 3.14. The van der Waals surface area contributed by atoms with Crippen LogP contribution in [0.4, 0.5) is 5.69 Å². The van der Waals surface area contributed by atoms with Gasteiger partial charge in [-0.05, 0) is 35.0 Å². The number of carbonyl (C=O) groups excluding carboxylic acids is 1. The fourth-order valence-corrected chi connectivity index (χ4v) is 1.73. The highest BCUT2D eigenvalue weighted by atomic mass is 79.9. The highest BCUT2D eigenvalue weighted by molar-refractivity contribution is 9.10. The molecule has 5 heteroatoms. The Kier molecular flexibility index (Phi) is 6.08. The quantitative estimate of drug-likeness (QED) is 0.665. The molecule has 0 amide bonds. The zero-order valence-electron chi connectivity index (χ0n) is 9.37. The molecule has 0 radical (unpaired) electrons. The van der Waals surface area contributed by atoms with Crippen LogP contribution < -0.4 is 5.32 Å². The maximum atomic E-state index is 11.0. The second kappa shape index (κ2) is 7.35. The van der Waals surface area contributed by atoms with Crippen molar-refractivity contribution < 1.29 is 9.53 Å². The predicted octanol–water partition coefficient (Wildman–Crippen LogP) is 3.63. The van der Waals surface area contributed by atoms with Gasteiger partial charge in [-0.2, -0.15) is 0 Å². The van der Waals surface area contributed by atoms with Crippen molar-refractivity contribution in [2.24, 2.45) is 0 Å². The smallest absolute Gasteiger partial charge is 0.330 e. The summed E-state index contributed by atoms with van der Waals surface area (Å²) in [5, 5.41) is 3.77. The Balaban J connectivity index is 2.46. The molecule has 0 aliphatic rings. The molecular weight excluding hydrogens is 305 g/mol. The average Bonchev–Trinajstić information content (AvgIpc) is 2.30. The molecule has 0 spiro atoms. The van der Waals surface area contributed by atoms with Gasteiger partial charge in [0, 0.05) is 12.6 Å². The van der Waals surface area contributed by atoms with Crippen molar-refractivity contribution in [3.05, 3.63) is 39.8 Å². The zero-order valence-corrected chi connectivity index (χ0v) is 11.7. The predicted molar refractivity (Wildman–Crippen MR) is 73.4 cm³/mol. The van der Waals surface area contributed by atoms with Gasteiger partial charge in [0.1, 0.15) is 0 Å². The topological polar surface area (TPSA) is 38.3 Å². The van der Waals surface area contributed by atoms with Gasteiger partial charge in [-0.15, -0.1) is 0 Å². The standard InChI is InChI=1S/C12H13BrClNO2/c1-2-17-11(16)7-4-8-15-10-6-3-5-9(14)12(10)13/h3-7,15H,2,8H2,1H3/b7-4+. The van der Waals surface area contributed by atoms with E-state index < -0.39 is 0 Å². The van der Waals surface area contributed by atoms with Crippen molar-refractivity contribution in [2.75, 3.05) is 18.5 Å². The Hall–Kier alpha value is -1.000. The van der Waals surface area contributed by atoms with Gasteiger partial charge in [-0.3, -0.25) is 0 Å². The number of nitrogens with one attached hydrogen (secondary N) is 1. The summed E-state index contributed by atoms with van der Waals surface area (Å²) in [6, 6.07) is 5.55. The Bertz CT molecular complexity index is 421. The lowest BCUT2D eigenvalue weighted by atomic mass is 10.3. The van der Waals surface area contributed by atoms with Crippen LogP contribution in [0.15, 0.2) is 34.8 Å². The molecule has 1 aromatic carbocycles. The summed E-state index contributed by atoms with van der Waals surface area (Å²) < 4.78 is 5.56. The number of halogens is 2. The first-order valence-electron chi connectivity index (χ1n) is 5.16. The molecule has 0 aliphatic carbocycles. The molecule has 0 aliphatic heterocycles. The van der Waals surface area contributed by atoms with Crippen molar-refractivity contribution >= 4 is 39.2 Å². The van der Waals surface area contributed by atoms with E-state index in [2.05, 4.69) is 21.2 Å². The molecule has 0 atom stereocenters. The normalized spacial score (nSPS) is 10.5. The van der Waals surface area contributed by atoms with Crippen molar-refractivity contribution in [1.82, 2.24) is 0 Å². The molecular formula is C12H13BrClNO2. The molecule has 1 rings (SSSR count). The molecule has 0 heterocycles. The van der Waals surface area contributed by atoms with Gasteiger partial charge >= 0.3 is 5.97 Å². The van der Waals surface area contributed by atoms with Gasteiger partial charge in [0.2, 0.25) is 0 Å². The van der Waals surface area contributed by atoms with E-state index in [4.69, 9.17) is 16.3 Å². The first-order chi connectivity index (χ1) is 8.15. The number of anilines is 1. The lowest BCUT2D eigenvalue weighted by Crippen LogP contribution is -2.02. The van der Waals surface area contributed by atoms with Crippen LogP contribution in [0.2, 0.25) is 5.02 Å². The molecule has 0 aromatic heterocycles. The number of ether oxygens (including phenoxy) is 1. The lowest BCUT2D eigenvalue weighted by molar-refractivity contribution is -0.137. The molecule has 0 unspecified atom stereocenters. The third kappa shape index (κ3) is 4.79. The van der Waals surface area contributed by atoms with Gasteiger partial charge in [0.25, 0.3) is 0 Å². The summed E-state index contributed by atoms with van der Waals surface area (Å²) >= 11 is 9.32. The third-order valence-electron chi connectivity index (χ3n) is 1.90. The van der Waals surface area contributed by atoms with Crippen molar-refractivity contribution in [3.63, 3.8) is 0 Å². The molecule has 0 fully saturated rings. The Morgan fingerprint density at radius 2 is 2.35 bits per heavy atom. The summed E-state index contributed by atoms with van der Waals surface area (Å²) in [4.78, 5) is 11.0. The van der Waals surface area contributed by atoms with E-state index in [1.807, 2.05) is 12.1 Å². The number of hydrogen-bond acceptors (Lipinski definition) is 3. The highest BCUT2D eigenvalue weighted by Crippen LogP contribution is 2.29. The van der Waals surface area contributed by atoms with Crippen LogP contribution in [0.3, 0.4) is 0 Å². The zero-order chi connectivity index (χ0) is 12.7. The summed E-state index contributed by atoms with van der Waals surface area (Å²) in [6.07, 6.45) is 3.10. The molecule has 3 nitrogen and oxygen atoms in total. The summed E-state index contributed by atoms with van der Waals surface area (Å²) in [6.45, 7) is 2.68. The van der Waals surface area contributed by atoms with Gasteiger partial charge in [-0.1, -0.05) is 23.7 Å². The van der Waals surface area contributed by atoms with Gasteiger partial charge in [0.05, 0.1) is 21.8 Å². The molecule has 0 saturated heterocycles. The van der Waals surface area contributed by atoms with E-state index in [-0.39, 0.29) is 5.97 Å². The van der Waals surface area contributed by atoms with E-state index in [0.717, 1.165) is 10.2 Å². The SMILES string of the molecule is CCOC(=O)/C=C/CNc1cccc(Cl)c1Br. The number of rotatable bonds is 5. The van der Waals surface area contributed by atoms with Crippen LogP contribution in [-0.2, 0) is 9.53 Å². The monoisotopic (exact) mass is 317 g/mol. The maximum Gasteiger partial charge on any atom is 0.330 e. The van der Waals surface area contributed by atoms with Crippen LogP contribution in [0, 0.1) is 0 Å². The van der Waals surface area contributed by atoms with Crippen LogP contribution in [-0.4, -0.2) is 19.1 Å². The van der Waals surface area contributed by atoms with Crippen molar-refractivity contribution in [2.45, 2.75) is 6.92 Å². The minimum atomic E-state index is -0.334. The minimum Gasteiger partial charge on any atom is -0.463 e. The number of esters is 1. The Morgan fingerprint density at radius 1 is 1.59 bits per heavy atom. The van der Waals surface area contributed by atoms with Gasteiger partial charge < -0.3 is 10.1 Å². The third-order valence-corrected chi connectivity index (χ3v) is 3.30. The van der Waals surface area contributed by atoms with E-state index in [1.165, 1.54) is 6.08 Å². The fourth-order valence-electron chi connectivity index (χ4n) is 1.15.